The molecule has 0 amide bonds. The molecule has 1 aromatic rings. The minimum Gasteiger partial charge on any atom is -0.351 e. The van der Waals surface area contributed by atoms with Gasteiger partial charge in [-0.25, -0.2) is 0 Å². The topological polar surface area (TPSA) is 20.2 Å². The third kappa shape index (κ3) is 4.36. The van der Waals surface area contributed by atoms with Crippen LogP contribution in [0.4, 0.5) is 0 Å². The molecule has 1 aliphatic rings. The van der Waals surface area contributed by atoms with Crippen LogP contribution in [0.3, 0.4) is 0 Å². The fourth-order valence-corrected chi connectivity index (χ4v) is 3.03. The van der Waals surface area contributed by atoms with Crippen molar-refractivity contribution in [1.29, 1.82) is 0 Å². The molecule has 1 atom stereocenters. The SMILES string of the molecule is CCn1cccc1CNCCCN1CCCCC1C. The number of nitrogens with zero attached hydrogens (tertiary/aromatic N) is 2. The molecule has 108 valence electrons. The lowest BCUT2D eigenvalue weighted by Crippen LogP contribution is -2.38. The van der Waals surface area contributed by atoms with E-state index in [1.807, 2.05) is 0 Å². The second kappa shape index (κ2) is 7.71. The van der Waals surface area contributed by atoms with Crippen LogP contribution < -0.4 is 5.32 Å². The van der Waals surface area contributed by atoms with Crippen LogP contribution in [0.15, 0.2) is 18.3 Å². The highest BCUT2D eigenvalue weighted by Gasteiger charge is 2.16. The van der Waals surface area contributed by atoms with Crippen LogP contribution in [0.5, 0.6) is 0 Å². The van der Waals surface area contributed by atoms with Gasteiger partial charge in [-0.05, 0) is 64.9 Å². The van der Waals surface area contributed by atoms with Gasteiger partial charge in [-0.1, -0.05) is 6.42 Å². The average Bonchev–Trinajstić information content (AvgIpc) is 2.88. The first-order valence-corrected chi connectivity index (χ1v) is 7.90. The minimum atomic E-state index is 0.797. The molecule has 1 fully saturated rings. The van der Waals surface area contributed by atoms with Gasteiger partial charge in [0.2, 0.25) is 0 Å². The Bertz CT molecular complexity index is 359. The maximum atomic E-state index is 3.57. The Morgan fingerprint density at radius 2 is 2.26 bits per heavy atom. The van der Waals surface area contributed by atoms with Crippen LogP contribution in [0, 0.1) is 0 Å². The Hall–Kier alpha value is -0.800. The third-order valence-corrected chi connectivity index (χ3v) is 4.31. The number of hydrogen-bond acceptors (Lipinski definition) is 2. The summed E-state index contributed by atoms with van der Waals surface area (Å²) >= 11 is 0. The predicted octanol–water partition coefficient (Wildman–Crippen LogP) is 2.86. The zero-order valence-corrected chi connectivity index (χ0v) is 12.6. The highest BCUT2D eigenvalue weighted by Crippen LogP contribution is 2.16. The number of likely N-dealkylation sites (tertiary alicyclic amines) is 1. The fraction of sp³-hybridized carbons (Fsp3) is 0.750. The molecule has 1 N–H and O–H groups in total. The molecule has 0 saturated carbocycles. The molecule has 0 aliphatic carbocycles. The summed E-state index contributed by atoms with van der Waals surface area (Å²) in [5.41, 5.74) is 1.40. The molecule has 1 aromatic heterocycles. The van der Waals surface area contributed by atoms with Crippen LogP contribution in [0.1, 0.15) is 45.2 Å². The number of aryl methyl sites for hydroxylation is 1. The summed E-state index contributed by atoms with van der Waals surface area (Å²) in [7, 11) is 0. The Labute approximate surface area is 118 Å². The van der Waals surface area contributed by atoms with E-state index in [0.717, 1.165) is 25.7 Å². The van der Waals surface area contributed by atoms with Crippen molar-refractivity contribution in [3.63, 3.8) is 0 Å². The lowest BCUT2D eigenvalue weighted by Gasteiger charge is -2.33. The van der Waals surface area contributed by atoms with Crippen LogP contribution in [0.25, 0.3) is 0 Å². The number of aromatic nitrogens is 1. The van der Waals surface area contributed by atoms with Crippen LogP contribution in [-0.4, -0.2) is 35.1 Å². The van der Waals surface area contributed by atoms with E-state index in [9.17, 15) is 0 Å². The summed E-state index contributed by atoms with van der Waals surface area (Å²) in [6.07, 6.45) is 7.62. The molecule has 0 spiro atoms. The summed E-state index contributed by atoms with van der Waals surface area (Å²) < 4.78 is 2.31. The Morgan fingerprint density at radius 3 is 3.05 bits per heavy atom. The van der Waals surface area contributed by atoms with E-state index in [2.05, 4.69) is 47.0 Å². The molecule has 2 heterocycles. The van der Waals surface area contributed by atoms with Crippen molar-refractivity contribution < 1.29 is 0 Å². The number of hydrogen-bond donors (Lipinski definition) is 1. The molecule has 0 aromatic carbocycles. The van der Waals surface area contributed by atoms with Crippen molar-refractivity contribution in [3.8, 4) is 0 Å². The van der Waals surface area contributed by atoms with Gasteiger partial charge < -0.3 is 14.8 Å². The van der Waals surface area contributed by atoms with Gasteiger partial charge in [-0.15, -0.1) is 0 Å². The highest BCUT2D eigenvalue weighted by molar-refractivity contribution is 5.06. The average molecular weight is 263 g/mol. The van der Waals surface area contributed by atoms with E-state index in [4.69, 9.17) is 0 Å². The normalized spacial score (nSPS) is 20.8. The van der Waals surface area contributed by atoms with Gasteiger partial charge in [0.05, 0.1) is 0 Å². The number of piperidine rings is 1. The van der Waals surface area contributed by atoms with E-state index in [-0.39, 0.29) is 0 Å². The van der Waals surface area contributed by atoms with Gasteiger partial charge in [0, 0.05) is 31.0 Å². The second-order valence-electron chi connectivity index (χ2n) is 5.70. The standard InChI is InChI=1S/C16H29N3/c1-3-18-12-6-9-16(18)14-17-10-7-13-19-11-5-4-8-15(19)2/h6,9,12,15,17H,3-5,7-8,10-11,13-14H2,1-2H3. The van der Waals surface area contributed by atoms with E-state index in [1.54, 1.807) is 0 Å². The monoisotopic (exact) mass is 263 g/mol. The van der Waals surface area contributed by atoms with Gasteiger partial charge in [0.25, 0.3) is 0 Å². The lowest BCUT2D eigenvalue weighted by atomic mass is 10.0. The molecule has 0 radical (unpaired) electrons. The van der Waals surface area contributed by atoms with Crippen molar-refractivity contribution >= 4 is 0 Å². The van der Waals surface area contributed by atoms with Gasteiger partial charge >= 0.3 is 0 Å². The summed E-state index contributed by atoms with van der Waals surface area (Å²) in [5, 5.41) is 3.57. The van der Waals surface area contributed by atoms with E-state index >= 15 is 0 Å². The van der Waals surface area contributed by atoms with Crippen molar-refractivity contribution in [1.82, 2.24) is 14.8 Å². The van der Waals surface area contributed by atoms with Gasteiger partial charge in [0.15, 0.2) is 0 Å². The Balaban J connectivity index is 1.59. The first-order chi connectivity index (χ1) is 9.31. The van der Waals surface area contributed by atoms with Crippen molar-refractivity contribution in [2.24, 2.45) is 0 Å². The van der Waals surface area contributed by atoms with E-state index < -0.39 is 0 Å². The number of nitrogens with one attached hydrogen (secondary N) is 1. The van der Waals surface area contributed by atoms with Crippen molar-refractivity contribution in [3.05, 3.63) is 24.0 Å². The van der Waals surface area contributed by atoms with Gasteiger partial charge in [0.1, 0.15) is 0 Å². The molecule has 3 nitrogen and oxygen atoms in total. The summed E-state index contributed by atoms with van der Waals surface area (Å²) in [4.78, 5) is 2.65. The molecular weight excluding hydrogens is 234 g/mol. The number of rotatable bonds is 7. The molecule has 1 unspecified atom stereocenters. The molecule has 2 rings (SSSR count). The van der Waals surface area contributed by atoms with Crippen molar-refractivity contribution in [2.75, 3.05) is 19.6 Å². The summed E-state index contributed by atoms with van der Waals surface area (Å²) in [6.45, 7) is 10.3. The summed E-state index contributed by atoms with van der Waals surface area (Å²) in [6, 6.07) is 5.14. The second-order valence-corrected chi connectivity index (χ2v) is 5.70. The van der Waals surface area contributed by atoms with Crippen molar-refractivity contribution in [2.45, 2.75) is 58.7 Å². The molecule has 19 heavy (non-hydrogen) atoms. The molecule has 0 bridgehead atoms. The first-order valence-electron chi connectivity index (χ1n) is 7.90. The molecular formula is C16H29N3. The predicted molar refractivity (Wildman–Crippen MR) is 81.3 cm³/mol. The van der Waals surface area contributed by atoms with Gasteiger partial charge in [-0.2, -0.15) is 0 Å². The van der Waals surface area contributed by atoms with Gasteiger partial charge in [-0.3, -0.25) is 0 Å². The highest BCUT2D eigenvalue weighted by atomic mass is 15.2. The van der Waals surface area contributed by atoms with E-state index in [0.29, 0.717) is 0 Å². The lowest BCUT2D eigenvalue weighted by molar-refractivity contribution is 0.159. The Kier molecular flexibility index (Phi) is 5.93. The molecule has 1 aliphatic heterocycles. The molecule has 3 heteroatoms. The zero-order chi connectivity index (χ0) is 13.5. The van der Waals surface area contributed by atoms with Crippen LogP contribution >= 0.6 is 0 Å². The smallest absolute Gasteiger partial charge is 0.0359 e. The quantitative estimate of drug-likeness (QED) is 0.763. The third-order valence-electron chi connectivity index (χ3n) is 4.31. The van der Waals surface area contributed by atoms with Crippen LogP contribution in [0.2, 0.25) is 0 Å². The largest absolute Gasteiger partial charge is 0.351 e. The summed E-state index contributed by atoms with van der Waals surface area (Å²) in [5.74, 6) is 0. The fourth-order valence-electron chi connectivity index (χ4n) is 3.03. The zero-order valence-electron chi connectivity index (χ0n) is 12.6. The van der Waals surface area contributed by atoms with Crippen LogP contribution in [-0.2, 0) is 13.1 Å². The molecule has 1 saturated heterocycles. The Morgan fingerprint density at radius 1 is 1.37 bits per heavy atom. The van der Waals surface area contributed by atoms with E-state index in [1.165, 1.54) is 44.5 Å². The maximum Gasteiger partial charge on any atom is 0.0359 e. The first kappa shape index (κ1) is 14.6. The minimum absolute atomic E-state index is 0.797. The maximum absolute atomic E-state index is 3.57.